The van der Waals surface area contributed by atoms with Crippen LogP contribution in [0.25, 0.3) is 0 Å². The lowest BCUT2D eigenvalue weighted by Gasteiger charge is -2.21. The van der Waals surface area contributed by atoms with Gasteiger partial charge in [0, 0.05) is 20.8 Å². The van der Waals surface area contributed by atoms with Crippen LogP contribution in [0.5, 0.6) is 0 Å². The van der Waals surface area contributed by atoms with Gasteiger partial charge in [-0.1, -0.05) is 13.8 Å². The minimum atomic E-state index is -0.166. The van der Waals surface area contributed by atoms with Gasteiger partial charge in [-0.15, -0.1) is 0 Å². The third-order valence-corrected chi connectivity index (χ3v) is 2.49. The van der Waals surface area contributed by atoms with E-state index in [1.54, 1.807) is 14.2 Å². The van der Waals surface area contributed by atoms with Crippen LogP contribution in [0.4, 0.5) is 0 Å². The minimum Gasteiger partial charge on any atom is -0.355 e. The highest BCUT2D eigenvalue weighted by Gasteiger charge is 2.11. The molecule has 0 heterocycles. The topological polar surface area (TPSA) is 56.5 Å². The maximum absolute atomic E-state index is 5.65. The Hall–Kier alpha value is -0.160. The van der Waals surface area contributed by atoms with Crippen LogP contribution >= 0.6 is 0 Å². The quantitative estimate of drug-likeness (QED) is 0.563. The van der Waals surface area contributed by atoms with E-state index in [0.29, 0.717) is 18.4 Å². The van der Waals surface area contributed by atoms with E-state index in [0.717, 1.165) is 13.1 Å². The molecule has 0 saturated carbocycles. The molecule has 86 valence electrons. The van der Waals surface area contributed by atoms with E-state index in [1.165, 1.54) is 0 Å². The van der Waals surface area contributed by atoms with Crippen LogP contribution in [0.15, 0.2) is 0 Å². The van der Waals surface area contributed by atoms with Crippen molar-refractivity contribution in [3.63, 3.8) is 0 Å². The van der Waals surface area contributed by atoms with Crippen LogP contribution < -0.4 is 11.1 Å². The van der Waals surface area contributed by atoms with Crippen molar-refractivity contribution < 1.29 is 9.47 Å². The number of nitrogens with two attached hydrogens (primary N) is 1. The maximum Gasteiger partial charge on any atom is 0.169 e. The monoisotopic (exact) mass is 204 g/mol. The fraction of sp³-hybridized carbons (Fsp3) is 1.00. The lowest BCUT2D eigenvalue weighted by atomic mass is 9.96. The highest BCUT2D eigenvalue weighted by Crippen LogP contribution is 2.07. The van der Waals surface area contributed by atoms with E-state index in [4.69, 9.17) is 15.2 Å². The van der Waals surface area contributed by atoms with Crippen molar-refractivity contribution in [2.75, 3.05) is 33.9 Å². The zero-order chi connectivity index (χ0) is 11.0. The molecule has 0 fully saturated rings. The molecule has 3 N–H and O–H groups in total. The smallest absolute Gasteiger partial charge is 0.169 e. The van der Waals surface area contributed by atoms with Crippen LogP contribution in [-0.4, -0.2) is 40.1 Å². The van der Waals surface area contributed by atoms with Gasteiger partial charge in [-0.3, -0.25) is 0 Å². The predicted molar refractivity (Wildman–Crippen MR) is 58.1 cm³/mol. The Kier molecular flexibility index (Phi) is 8.08. The SMILES string of the molecule is COC(CNCC(CN)C(C)C)OC. The van der Waals surface area contributed by atoms with Crippen molar-refractivity contribution in [3.05, 3.63) is 0 Å². The molecule has 0 amide bonds. The maximum atomic E-state index is 5.65. The molecular formula is C10H24N2O2. The van der Waals surface area contributed by atoms with Gasteiger partial charge in [-0.25, -0.2) is 0 Å². The molecule has 0 rings (SSSR count). The summed E-state index contributed by atoms with van der Waals surface area (Å²) >= 11 is 0. The molecule has 0 bridgehead atoms. The molecule has 0 spiro atoms. The normalized spacial score (nSPS) is 13.9. The predicted octanol–water partition coefficient (Wildman–Crippen LogP) is 0.426. The summed E-state index contributed by atoms with van der Waals surface area (Å²) in [5.41, 5.74) is 5.65. The zero-order valence-electron chi connectivity index (χ0n) is 9.75. The summed E-state index contributed by atoms with van der Waals surface area (Å²) in [6.45, 7) is 6.70. The minimum absolute atomic E-state index is 0.166. The summed E-state index contributed by atoms with van der Waals surface area (Å²) in [4.78, 5) is 0. The Bertz CT molecular complexity index is 127. The van der Waals surface area contributed by atoms with E-state index in [-0.39, 0.29) is 6.29 Å². The fourth-order valence-electron chi connectivity index (χ4n) is 1.24. The summed E-state index contributed by atoms with van der Waals surface area (Å²) in [5, 5.41) is 3.29. The molecule has 1 atom stereocenters. The summed E-state index contributed by atoms with van der Waals surface area (Å²) in [6.07, 6.45) is -0.166. The Morgan fingerprint density at radius 3 is 2.07 bits per heavy atom. The molecule has 0 aliphatic rings. The highest BCUT2D eigenvalue weighted by molar-refractivity contribution is 4.66. The average molecular weight is 204 g/mol. The van der Waals surface area contributed by atoms with Gasteiger partial charge in [-0.2, -0.15) is 0 Å². The lowest BCUT2D eigenvalue weighted by Crippen LogP contribution is -2.36. The molecule has 0 saturated heterocycles. The number of methoxy groups -OCH3 is 2. The largest absolute Gasteiger partial charge is 0.355 e. The van der Waals surface area contributed by atoms with Gasteiger partial charge in [0.15, 0.2) is 6.29 Å². The number of hydrogen-bond acceptors (Lipinski definition) is 4. The molecule has 0 aromatic rings. The van der Waals surface area contributed by atoms with Gasteiger partial charge in [0.1, 0.15) is 0 Å². The van der Waals surface area contributed by atoms with Gasteiger partial charge < -0.3 is 20.5 Å². The number of nitrogens with one attached hydrogen (secondary N) is 1. The Balaban J connectivity index is 3.59. The highest BCUT2D eigenvalue weighted by atomic mass is 16.7. The fourth-order valence-corrected chi connectivity index (χ4v) is 1.24. The second-order valence-electron chi connectivity index (χ2n) is 3.80. The average Bonchev–Trinajstić information content (AvgIpc) is 2.18. The van der Waals surface area contributed by atoms with Crippen molar-refractivity contribution in [3.8, 4) is 0 Å². The molecule has 14 heavy (non-hydrogen) atoms. The van der Waals surface area contributed by atoms with Crippen molar-refractivity contribution in [1.29, 1.82) is 0 Å². The third kappa shape index (κ3) is 5.54. The van der Waals surface area contributed by atoms with Crippen LogP contribution in [-0.2, 0) is 9.47 Å². The standard InChI is InChI=1S/C10H24N2O2/c1-8(2)9(5-11)6-12-7-10(13-3)14-4/h8-10,12H,5-7,11H2,1-4H3. The van der Waals surface area contributed by atoms with E-state index in [2.05, 4.69) is 19.2 Å². The molecule has 4 heteroatoms. The van der Waals surface area contributed by atoms with Crippen LogP contribution in [0.1, 0.15) is 13.8 Å². The number of ether oxygens (including phenoxy) is 2. The Morgan fingerprint density at radius 1 is 1.14 bits per heavy atom. The van der Waals surface area contributed by atoms with Crippen LogP contribution in [0.3, 0.4) is 0 Å². The lowest BCUT2D eigenvalue weighted by molar-refractivity contribution is -0.0990. The van der Waals surface area contributed by atoms with E-state index in [9.17, 15) is 0 Å². The molecule has 1 unspecified atom stereocenters. The van der Waals surface area contributed by atoms with Crippen LogP contribution in [0, 0.1) is 11.8 Å². The first kappa shape index (κ1) is 13.8. The summed E-state index contributed by atoms with van der Waals surface area (Å²) in [6, 6.07) is 0. The van der Waals surface area contributed by atoms with E-state index < -0.39 is 0 Å². The first-order valence-electron chi connectivity index (χ1n) is 5.12. The molecule has 0 aromatic carbocycles. The van der Waals surface area contributed by atoms with E-state index in [1.807, 2.05) is 0 Å². The second-order valence-corrected chi connectivity index (χ2v) is 3.80. The number of hydrogen-bond donors (Lipinski definition) is 2. The Morgan fingerprint density at radius 2 is 1.71 bits per heavy atom. The van der Waals surface area contributed by atoms with Gasteiger partial charge >= 0.3 is 0 Å². The molecule has 0 aromatic heterocycles. The third-order valence-electron chi connectivity index (χ3n) is 2.49. The van der Waals surface area contributed by atoms with Crippen LogP contribution in [0.2, 0.25) is 0 Å². The summed E-state index contributed by atoms with van der Waals surface area (Å²) in [7, 11) is 3.28. The van der Waals surface area contributed by atoms with E-state index >= 15 is 0 Å². The first-order chi connectivity index (χ1) is 6.65. The van der Waals surface area contributed by atoms with Gasteiger partial charge in [0.25, 0.3) is 0 Å². The summed E-state index contributed by atoms with van der Waals surface area (Å²) < 4.78 is 10.1. The Labute approximate surface area is 87.1 Å². The molecule has 0 radical (unpaired) electrons. The van der Waals surface area contributed by atoms with Crippen molar-refractivity contribution in [2.24, 2.45) is 17.6 Å². The van der Waals surface area contributed by atoms with Crippen molar-refractivity contribution >= 4 is 0 Å². The van der Waals surface area contributed by atoms with Gasteiger partial charge in [0.05, 0.1) is 0 Å². The molecule has 4 nitrogen and oxygen atoms in total. The molecule has 0 aliphatic heterocycles. The van der Waals surface area contributed by atoms with Gasteiger partial charge in [0.2, 0.25) is 0 Å². The van der Waals surface area contributed by atoms with Gasteiger partial charge in [-0.05, 0) is 24.9 Å². The van der Waals surface area contributed by atoms with Crippen molar-refractivity contribution in [2.45, 2.75) is 20.1 Å². The second kappa shape index (κ2) is 8.17. The van der Waals surface area contributed by atoms with Crippen molar-refractivity contribution in [1.82, 2.24) is 5.32 Å². The molecule has 0 aliphatic carbocycles. The number of rotatable bonds is 8. The molecular weight excluding hydrogens is 180 g/mol. The first-order valence-corrected chi connectivity index (χ1v) is 5.12. The zero-order valence-corrected chi connectivity index (χ0v) is 9.75. The summed E-state index contributed by atoms with van der Waals surface area (Å²) in [5.74, 6) is 1.13.